The summed E-state index contributed by atoms with van der Waals surface area (Å²) < 4.78 is 0.653. The Bertz CT molecular complexity index is 338. The number of nitrogens with zero attached hydrogens (tertiary/aromatic N) is 1. The predicted molar refractivity (Wildman–Crippen MR) is 51.7 cm³/mol. The van der Waals surface area contributed by atoms with Crippen LogP contribution >= 0.6 is 27.5 Å². The zero-order valence-electron chi connectivity index (χ0n) is 6.69. The molecule has 12 heavy (non-hydrogen) atoms. The number of pyridine rings is 1. The standard InChI is InChI=1S/C8H7BrClNO/c1-4-6(5(2)12)3-7(9)8(10)11-4/h3H,1-2H3. The van der Waals surface area contributed by atoms with Crippen molar-refractivity contribution in [3.05, 3.63) is 26.9 Å². The van der Waals surface area contributed by atoms with Crippen LogP contribution in [0.4, 0.5) is 0 Å². The summed E-state index contributed by atoms with van der Waals surface area (Å²) in [6.45, 7) is 3.26. The van der Waals surface area contributed by atoms with Crippen LogP contribution in [-0.2, 0) is 0 Å². The second-order valence-electron chi connectivity index (χ2n) is 2.45. The van der Waals surface area contributed by atoms with Crippen molar-refractivity contribution in [2.75, 3.05) is 0 Å². The fourth-order valence-electron chi connectivity index (χ4n) is 0.908. The second kappa shape index (κ2) is 3.54. The van der Waals surface area contributed by atoms with Gasteiger partial charge in [-0.15, -0.1) is 0 Å². The van der Waals surface area contributed by atoms with E-state index >= 15 is 0 Å². The minimum atomic E-state index is -0.00244. The molecule has 4 heteroatoms. The highest BCUT2D eigenvalue weighted by molar-refractivity contribution is 9.10. The molecule has 0 spiro atoms. The Morgan fingerprint density at radius 1 is 1.67 bits per heavy atom. The number of halogens is 2. The molecule has 0 amide bonds. The van der Waals surface area contributed by atoms with Gasteiger partial charge in [0, 0.05) is 11.3 Å². The monoisotopic (exact) mass is 247 g/mol. The van der Waals surface area contributed by atoms with E-state index in [9.17, 15) is 4.79 Å². The molecule has 0 fully saturated rings. The van der Waals surface area contributed by atoms with E-state index in [4.69, 9.17) is 11.6 Å². The SMILES string of the molecule is CC(=O)c1cc(Br)c(Cl)nc1C. The lowest BCUT2D eigenvalue weighted by Gasteiger charge is -2.02. The Kier molecular flexibility index (Phi) is 2.85. The molecule has 64 valence electrons. The number of rotatable bonds is 1. The average Bonchev–Trinajstić information content (AvgIpc) is 1.96. The maximum atomic E-state index is 11.0. The van der Waals surface area contributed by atoms with Crippen molar-refractivity contribution in [3.8, 4) is 0 Å². The summed E-state index contributed by atoms with van der Waals surface area (Å²) in [5.41, 5.74) is 1.27. The smallest absolute Gasteiger partial charge is 0.161 e. The summed E-state index contributed by atoms with van der Waals surface area (Å²) in [5, 5.41) is 0.387. The minimum absolute atomic E-state index is 0.00244. The maximum Gasteiger partial charge on any atom is 0.161 e. The van der Waals surface area contributed by atoms with Crippen LogP contribution in [0.3, 0.4) is 0 Å². The summed E-state index contributed by atoms with van der Waals surface area (Å²) in [7, 11) is 0. The van der Waals surface area contributed by atoms with Crippen LogP contribution in [0.1, 0.15) is 23.0 Å². The molecule has 0 radical (unpaired) electrons. The molecule has 1 aromatic rings. The average molecular weight is 249 g/mol. The summed E-state index contributed by atoms with van der Waals surface area (Å²) in [6.07, 6.45) is 0. The number of aryl methyl sites for hydroxylation is 1. The fraction of sp³-hybridized carbons (Fsp3) is 0.250. The third kappa shape index (κ3) is 1.84. The summed E-state index contributed by atoms with van der Waals surface area (Å²) in [4.78, 5) is 15.0. The Morgan fingerprint density at radius 2 is 2.25 bits per heavy atom. The molecule has 0 aliphatic carbocycles. The van der Waals surface area contributed by atoms with Crippen LogP contribution in [0.2, 0.25) is 5.15 Å². The van der Waals surface area contributed by atoms with Crippen LogP contribution in [0.25, 0.3) is 0 Å². The van der Waals surface area contributed by atoms with Gasteiger partial charge in [-0.2, -0.15) is 0 Å². The lowest BCUT2D eigenvalue weighted by atomic mass is 10.1. The van der Waals surface area contributed by atoms with E-state index in [1.165, 1.54) is 6.92 Å². The first-order valence-corrected chi connectivity index (χ1v) is 4.53. The van der Waals surface area contributed by atoms with Gasteiger partial charge in [0.2, 0.25) is 0 Å². The Morgan fingerprint density at radius 3 is 2.75 bits per heavy atom. The van der Waals surface area contributed by atoms with Crippen molar-refractivity contribution in [2.45, 2.75) is 13.8 Å². The molecule has 0 aliphatic heterocycles. The molecule has 0 unspecified atom stereocenters. The van der Waals surface area contributed by atoms with E-state index in [0.29, 0.717) is 20.9 Å². The normalized spacial score (nSPS) is 10.0. The van der Waals surface area contributed by atoms with Crippen molar-refractivity contribution in [1.29, 1.82) is 0 Å². The topological polar surface area (TPSA) is 30.0 Å². The minimum Gasteiger partial charge on any atom is -0.294 e. The van der Waals surface area contributed by atoms with Gasteiger partial charge in [0.1, 0.15) is 5.15 Å². The van der Waals surface area contributed by atoms with Crippen molar-refractivity contribution < 1.29 is 4.79 Å². The van der Waals surface area contributed by atoms with Gasteiger partial charge in [-0.3, -0.25) is 4.79 Å². The summed E-state index contributed by atoms with van der Waals surface area (Å²) >= 11 is 8.92. The first-order valence-electron chi connectivity index (χ1n) is 3.36. The van der Waals surface area contributed by atoms with Crippen LogP contribution in [-0.4, -0.2) is 10.8 Å². The van der Waals surface area contributed by atoms with E-state index in [0.717, 1.165) is 0 Å². The van der Waals surface area contributed by atoms with Crippen molar-refractivity contribution in [3.63, 3.8) is 0 Å². The van der Waals surface area contributed by atoms with Crippen LogP contribution < -0.4 is 0 Å². The van der Waals surface area contributed by atoms with Gasteiger partial charge in [0.15, 0.2) is 5.78 Å². The Balaban J connectivity index is 3.33. The molecule has 0 aromatic carbocycles. The van der Waals surface area contributed by atoms with E-state index in [1.54, 1.807) is 13.0 Å². The zero-order chi connectivity index (χ0) is 9.30. The summed E-state index contributed by atoms with van der Waals surface area (Å²) in [6, 6.07) is 1.69. The van der Waals surface area contributed by atoms with Gasteiger partial charge in [0.05, 0.1) is 4.47 Å². The van der Waals surface area contributed by atoms with Gasteiger partial charge in [-0.25, -0.2) is 4.98 Å². The van der Waals surface area contributed by atoms with Gasteiger partial charge < -0.3 is 0 Å². The van der Waals surface area contributed by atoms with Crippen LogP contribution in [0.5, 0.6) is 0 Å². The summed E-state index contributed by atoms with van der Waals surface area (Å²) in [5.74, 6) is -0.00244. The number of hydrogen-bond acceptors (Lipinski definition) is 2. The second-order valence-corrected chi connectivity index (χ2v) is 3.66. The highest BCUT2D eigenvalue weighted by Crippen LogP contribution is 2.22. The molecule has 0 atom stereocenters. The molecule has 0 saturated carbocycles. The predicted octanol–water partition coefficient (Wildman–Crippen LogP) is 3.01. The number of aromatic nitrogens is 1. The Labute approximate surface area is 84.1 Å². The third-order valence-corrected chi connectivity index (χ3v) is 2.62. The molecule has 0 saturated heterocycles. The molecule has 1 rings (SSSR count). The number of carbonyl (C=O) groups excluding carboxylic acids is 1. The third-order valence-electron chi connectivity index (χ3n) is 1.50. The van der Waals surface area contributed by atoms with E-state index < -0.39 is 0 Å². The van der Waals surface area contributed by atoms with E-state index in [-0.39, 0.29) is 5.78 Å². The zero-order valence-corrected chi connectivity index (χ0v) is 9.03. The number of hydrogen-bond donors (Lipinski definition) is 0. The van der Waals surface area contributed by atoms with Gasteiger partial charge in [-0.05, 0) is 35.8 Å². The number of carbonyl (C=O) groups is 1. The van der Waals surface area contributed by atoms with E-state index in [1.807, 2.05) is 0 Å². The molecule has 0 N–H and O–H groups in total. The first-order chi connectivity index (χ1) is 5.52. The van der Waals surface area contributed by atoms with Crippen molar-refractivity contribution in [2.24, 2.45) is 0 Å². The molecule has 1 aromatic heterocycles. The molecule has 2 nitrogen and oxygen atoms in total. The number of Topliss-reactive ketones (excluding diaryl/α,β-unsaturated/α-hetero) is 1. The van der Waals surface area contributed by atoms with Gasteiger partial charge >= 0.3 is 0 Å². The van der Waals surface area contributed by atoms with Crippen molar-refractivity contribution >= 4 is 33.3 Å². The molecule has 0 aliphatic rings. The van der Waals surface area contributed by atoms with E-state index in [2.05, 4.69) is 20.9 Å². The van der Waals surface area contributed by atoms with Crippen LogP contribution in [0.15, 0.2) is 10.5 Å². The van der Waals surface area contributed by atoms with Gasteiger partial charge in [0.25, 0.3) is 0 Å². The first kappa shape index (κ1) is 9.68. The number of ketones is 1. The lowest BCUT2D eigenvalue weighted by molar-refractivity contribution is 0.101. The Hall–Kier alpha value is -0.410. The quantitative estimate of drug-likeness (QED) is 0.565. The lowest BCUT2D eigenvalue weighted by Crippen LogP contribution is -1.98. The molecular formula is C8H7BrClNO. The fourth-order valence-corrected chi connectivity index (χ4v) is 1.41. The molecule has 0 bridgehead atoms. The molecular weight excluding hydrogens is 241 g/mol. The maximum absolute atomic E-state index is 11.0. The van der Waals surface area contributed by atoms with Crippen molar-refractivity contribution in [1.82, 2.24) is 4.98 Å². The van der Waals surface area contributed by atoms with Gasteiger partial charge in [-0.1, -0.05) is 11.6 Å². The highest BCUT2D eigenvalue weighted by atomic mass is 79.9. The largest absolute Gasteiger partial charge is 0.294 e. The molecule has 1 heterocycles. The highest BCUT2D eigenvalue weighted by Gasteiger charge is 2.08. The van der Waals surface area contributed by atoms with Crippen LogP contribution in [0, 0.1) is 6.92 Å².